The van der Waals surface area contributed by atoms with Crippen molar-refractivity contribution in [2.24, 2.45) is 0 Å². The van der Waals surface area contributed by atoms with Crippen molar-refractivity contribution in [3.8, 4) is 0 Å². The Morgan fingerprint density at radius 3 is 2.89 bits per heavy atom. The number of rotatable bonds is 3. The number of hydrogen-bond acceptors (Lipinski definition) is 3. The summed E-state index contributed by atoms with van der Waals surface area (Å²) in [6.07, 6.45) is 3.51. The smallest absolute Gasteiger partial charge is 0.245 e. The molecular formula is C14H15N3OS. The van der Waals surface area contributed by atoms with Crippen molar-refractivity contribution < 1.29 is 4.79 Å². The first kappa shape index (κ1) is 12.3. The second-order valence-corrected chi connectivity index (χ2v) is 5.61. The number of nitrogens with zero attached hydrogens (tertiary/aromatic N) is 3. The van der Waals surface area contributed by atoms with Crippen LogP contribution in [0.4, 0.5) is 0 Å². The molecule has 1 atom stereocenters. The number of carbonyl (C=O) groups is 1. The highest BCUT2D eigenvalue weighted by Gasteiger charge is 2.30. The second kappa shape index (κ2) is 5.48. The maximum absolute atomic E-state index is 12.3. The normalized spacial score (nSPS) is 18.7. The number of thioether (sulfide) groups is 1. The molecule has 0 bridgehead atoms. The summed E-state index contributed by atoms with van der Waals surface area (Å²) < 4.78 is 1.67. The van der Waals surface area contributed by atoms with Gasteiger partial charge in [0.15, 0.2) is 0 Å². The number of aromatic nitrogens is 2. The molecule has 3 rings (SSSR count). The van der Waals surface area contributed by atoms with E-state index in [0.29, 0.717) is 6.54 Å². The van der Waals surface area contributed by atoms with E-state index >= 15 is 0 Å². The largest absolute Gasteiger partial charge is 0.324 e. The van der Waals surface area contributed by atoms with E-state index in [9.17, 15) is 4.79 Å². The Labute approximate surface area is 116 Å². The van der Waals surface area contributed by atoms with Crippen LogP contribution in [0, 0.1) is 0 Å². The Kier molecular flexibility index (Phi) is 3.55. The van der Waals surface area contributed by atoms with Gasteiger partial charge in [0.1, 0.15) is 11.9 Å². The fourth-order valence-corrected chi connectivity index (χ4v) is 3.52. The zero-order valence-corrected chi connectivity index (χ0v) is 11.3. The highest BCUT2D eigenvalue weighted by Crippen LogP contribution is 2.37. The van der Waals surface area contributed by atoms with Crippen LogP contribution in [-0.4, -0.2) is 32.9 Å². The van der Waals surface area contributed by atoms with Gasteiger partial charge in [-0.1, -0.05) is 30.3 Å². The van der Waals surface area contributed by atoms with Crippen molar-refractivity contribution >= 4 is 17.7 Å². The van der Waals surface area contributed by atoms with Crippen molar-refractivity contribution in [1.29, 1.82) is 0 Å². The Balaban J connectivity index is 1.74. The minimum atomic E-state index is 0.127. The minimum absolute atomic E-state index is 0.127. The monoisotopic (exact) mass is 273 g/mol. The molecule has 1 aromatic carbocycles. The van der Waals surface area contributed by atoms with Crippen LogP contribution >= 0.6 is 11.8 Å². The van der Waals surface area contributed by atoms with E-state index in [-0.39, 0.29) is 11.3 Å². The van der Waals surface area contributed by atoms with Crippen LogP contribution in [0.15, 0.2) is 48.8 Å². The number of carbonyl (C=O) groups excluding carboxylic acids is 1. The highest BCUT2D eigenvalue weighted by atomic mass is 32.2. The van der Waals surface area contributed by atoms with Crippen LogP contribution < -0.4 is 0 Å². The van der Waals surface area contributed by atoms with Gasteiger partial charge < -0.3 is 4.90 Å². The van der Waals surface area contributed by atoms with Crippen LogP contribution in [0.2, 0.25) is 0 Å². The quantitative estimate of drug-likeness (QED) is 0.860. The molecule has 1 fully saturated rings. The maximum Gasteiger partial charge on any atom is 0.245 e. The lowest BCUT2D eigenvalue weighted by Gasteiger charge is -2.24. The Hall–Kier alpha value is -1.75. The second-order valence-electron chi connectivity index (χ2n) is 4.42. The fraction of sp³-hybridized carbons (Fsp3) is 0.286. The molecule has 2 aromatic rings. The van der Waals surface area contributed by atoms with Crippen molar-refractivity contribution in [3.63, 3.8) is 0 Å². The maximum atomic E-state index is 12.3. The third-order valence-electron chi connectivity index (χ3n) is 3.15. The molecule has 1 saturated heterocycles. The van der Waals surface area contributed by atoms with Gasteiger partial charge in [0, 0.05) is 24.7 Å². The van der Waals surface area contributed by atoms with Crippen LogP contribution in [0.25, 0.3) is 0 Å². The standard InChI is InChI=1S/C14H15N3OS/c18-13(11-16-8-4-7-15-16)17-9-10-19-14(17)12-5-2-1-3-6-12/h1-8,14H,9-11H2. The molecule has 1 aliphatic heterocycles. The number of benzene rings is 1. The summed E-state index contributed by atoms with van der Waals surface area (Å²) >= 11 is 1.82. The molecule has 5 heteroatoms. The summed E-state index contributed by atoms with van der Waals surface area (Å²) in [7, 11) is 0. The van der Waals surface area contributed by atoms with Crippen molar-refractivity contribution in [2.45, 2.75) is 11.9 Å². The lowest BCUT2D eigenvalue weighted by atomic mass is 10.2. The van der Waals surface area contributed by atoms with E-state index in [0.717, 1.165) is 12.3 Å². The summed E-state index contributed by atoms with van der Waals surface area (Å²) in [6.45, 7) is 1.13. The lowest BCUT2D eigenvalue weighted by molar-refractivity contribution is -0.132. The average Bonchev–Trinajstić information content (AvgIpc) is 3.10. The van der Waals surface area contributed by atoms with Gasteiger partial charge in [0.05, 0.1) is 0 Å². The van der Waals surface area contributed by atoms with E-state index in [1.807, 2.05) is 47.1 Å². The molecule has 19 heavy (non-hydrogen) atoms. The van der Waals surface area contributed by atoms with Gasteiger partial charge in [-0.2, -0.15) is 5.10 Å². The van der Waals surface area contributed by atoms with E-state index in [2.05, 4.69) is 17.2 Å². The van der Waals surface area contributed by atoms with Crippen molar-refractivity contribution in [2.75, 3.05) is 12.3 Å². The van der Waals surface area contributed by atoms with Gasteiger partial charge in [-0.25, -0.2) is 0 Å². The predicted molar refractivity (Wildman–Crippen MR) is 75.6 cm³/mol. The van der Waals surface area contributed by atoms with E-state index in [1.165, 1.54) is 5.56 Å². The lowest BCUT2D eigenvalue weighted by Crippen LogP contribution is -2.33. The Bertz CT molecular complexity index is 541. The molecule has 1 unspecified atom stereocenters. The highest BCUT2D eigenvalue weighted by molar-refractivity contribution is 7.99. The summed E-state index contributed by atoms with van der Waals surface area (Å²) in [5.74, 6) is 1.12. The van der Waals surface area contributed by atoms with Crippen LogP contribution in [0.1, 0.15) is 10.9 Å². The average molecular weight is 273 g/mol. The first-order valence-electron chi connectivity index (χ1n) is 6.28. The number of hydrogen-bond donors (Lipinski definition) is 0. The summed E-state index contributed by atoms with van der Waals surface area (Å²) in [4.78, 5) is 14.3. The van der Waals surface area contributed by atoms with Crippen molar-refractivity contribution in [3.05, 3.63) is 54.4 Å². The zero-order valence-electron chi connectivity index (χ0n) is 10.5. The molecule has 0 saturated carbocycles. The predicted octanol–water partition coefficient (Wildman–Crippen LogP) is 2.16. The van der Waals surface area contributed by atoms with Gasteiger partial charge in [-0.05, 0) is 11.6 Å². The topological polar surface area (TPSA) is 38.1 Å². The minimum Gasteiger partial charge on any atom is -0.324 e. The Morgan fingerprint density at radius 1 is 1.32 bits per heavy atom. The first-order valence-corrected chi connectivity index (χ1v) is 7.33. The van der Waals surface area contributed by atoms with Gasteiger partial charge in [0.25, 0.3) is 0 Å². The SMILES string of the molecule is O=C(Cn1cccn1)N1CCSC1c1ccccc1. The molecular weight excluding hydrogens is 258 g/mol. The van der Waals surface area contributed by atoms with Gasteiger partial charge >= 0.3 is 0 Å². The zero-order chi connectivity index (χ0) is 13.1. The third-order valence-corrected chi connectivity index (χ3v) is 4.41. The first-order chi connectivity index (χ1) is 9.34. The van der Waals surface area contributed by atoms with Gasteiger partial charge in [0.2, 0.25) is 5.91 Å². The molecule has 0 spiro atoms. The van der Waals surface area contributed by atoms with Gasteiger partial charge in [-0.3, -0.25) is 9.48 Å². The Morgan fingerprint density at radius 2 is 2.16 bits per heavy atom. The fourth-order valence-electron chi connectivity index (χ4n) is 2.24. The van der Waals surface area contributed by atoms with Crippen LogP contribution in [0.5, 0.6) is 0 Å². The molecule has 2 heterocycles. The molecule has 0 radical (unpaired) electrons. The third kappa shape index (κ3) is 2.66. The number of amides is 1. The summed E-state index contributed by atoms with van der Waals surface area (Å²) in [6, 6.07) is 12.0. The molecule has 1 aromatic heterocycles. The molecule has 1 aliphatic rings. The van der Waals surface area contributed by atoms with Crippen molar-refractivity contribution in [1.82, 2.24) is 14.7 Å². The van der Waals surface area contributed by atoms with E-state index in [1.54, 1.807) is 10.9 Å². The molecule has 98 valence electrons. The molecule has 0 N–H and O–H groups in total. The van der Waals surface area contributed by atoms with Crippen LogP contribution in [-0.2, 0) is 11.3 Å². The molecule has 0 aliphatic carbocycles. The van der Waals surface area contributed by atoms with E-state index < -0.39 is 0 Å². The van der Waals surface area contributed by atoms with Gasteiger partial charge in [-0.15, -0.1) is 11.8 Å². The molecule has 4 nitrogen and oxygen atoms in total. The van der Waals surface area contributed by atoms with Crippen LogP contribution in [0.3, 0.4) is 0 Å². The van der Waals surface area contributed by atoms with E-state index in [4.69, 9.17) is 0 Å². The summed E-state index contributed by atoms with van der Waals surface area (Å²) in [5, 5.41) is 4.23. The molecule has 1 amide bonds. The summed E-state index contributed by atoms with van der Waals surface area (Å²) in [5.41, 5.74) is 1.19.